The van der Waals surface area contributed by atoms with Gasteiger partial charge in [0.05, 0.1) is 27.8 Å². The van der Waals surface area contributed by atoms with Crippen molar-refractivity contribution in [2.75, 3.05) is 11.9 Å². The average molecular weight is 501 g/mol. The van der Waals surface area contributed by atoms with Crippen molar-refractivity contribution in [3.05, 3.63) is 133 Å². The molecule has 4 heteroatoms. The lowest BCUT2D eigenvalue weighted by molar-refractivity contribution is 0.540. The number of hydrogen-bond acceptors (Lipinski definition) is 2. The van der Waals surface area contributed by atoms with Gasteiger partial charge in [-0.25, -0.2) is 4.99 Å². The molecule has 3 aromatic heterocycles. The molecule has 0 saturated heterocycles. The van der Waals surface area contributed by atoms with E-state index in [1.165, 1.54) is 54.7 Å². The van der Waals surface area contributed by atoms with E-state index in [0.717, 1.165) is 16.8 Å². The van der Waals surface area contributed by atoms with E-state index in [1.54, 1.807) is 0 Å². The molecule has 0 saturated carbocycles. The van der Waals surface area contributed by atoms with E-state index in [1.807, 2.05) is 0 Å². The Bertz CT molecular complexity index is 2230. The lowest BCUT2D eigenvalue weighted by Crippen LogP contribution is -2.33. The molecule has 0 spiro atoms. The zero-order valence-corrected chi connectivity index (χ0v) is 21.4. The molecule has 1 aliphatic rings. The quantitative estimate of drug-likeness (QED) is 0.235. The third-order valence-corrected chi connectivity index (χ3v) is 8.50. The minimum atomic E-state index is -0.236. The third-order valence-electron chi connectivity index (χ3n) is 8.50. The predicted octanol–water partition coefficient (Wildman–Crippen LogP) is 8.23. The van der Waals surface area contributed by atoms with Gasteiger partial charge in [-0.05, 0) is 35.7 Å². The topological polar surface area (TPSA) is 24.9 Å². The fourth-order valence-corrected chi connectivity index (χ4v) is 6.84. The lowest BCUT2D eigenvalue weighted by atomic mass is 9.98. The Morgan fingerprint density at radius 2 is 1.33 bits per heavy atom. The van der Waals surface area contributed by atoms with E-state index >= 15 is 0 Å². The Balaban J connectivity index is 1.45. The van der Waals surface area contributed by atoms with E-state index in [2.05, 4.69) is 142 Å². The van der Waals surface area contributed by atoms with Gasteiger partial charge in [0.25, 0.3) is 0 Å². The van der Waals surface area contributed by atoms with Crippen LogP contribution in [0.25, 0.3) is 49.0 Å². The van der Waals surface area contributed by atoms with Crippen molar-refractivity contribution in [2.24, 2.45) is 4.99 Å². The summed E-state index contributed by atoms with van der Waals surface area (Å²) in [6.45, 7) is 0. The summed E-state index contributed by atoms with van der Waals surface area (Å²) in [6, 6.07) is 41.5. The highest BCUT2D eigenvalue weighted by Gasteiger charge is 2.30. The van der Waals surface area contributed by atoms with Crippen LogP contribution in [0.15, 0.2) is 126 Å². The molecule has 9 rings (SSSR count). The molecule has 0 aliphatic carbocycles. The average Bonchev–Trinajstić information content (AvgIpc) is 3.54. The summed E-state index contributed by atoms with van der Waals surface area (Å²) in [4.78, 5) is 7.81. The molecule has 0 amide bonds. The van der Waals surface area contributed by atoms with Crippen LogP contribution in [0, 0.1) is 0 Å². The number of rotatable bonds is 2. The van der Waals surface area contributed by atoms with Crippen molar-refractivity contribution in [1.29, 1.82) is 0 Å². The van der Waals surface area contributed by atoms with Crippen LogP contribution in [0.4, 0.5) is 5.69 Å². The van der Waals surface area contributed by atoms with E-state index < -0.39 is 0 Å². The number of hydrogen-bond donors (Lipinski definition) is 0. The van der Waals surface area contributed by atoms with E-state index in [-0.39, 0.29) is 6.29 Å². The second-order valence-electron chi connectivity index (χ2n) is 10.5. The van der Waals surface area contributed by atoms with Gasteiger partial charge in [-0.2, -0.15) is 0 Å². The number of benzene rings is 5. The third kappa shape index (κ3) is 2.65. The summed E-state index contributed by atoms with van der Waals surface area (Å²) in [5, 5.41) is 6.39. The smallest absolute Gasteiger partial charge is 0.203 e. The highest BCUT2D eigenvalue weighted by molar-refractivity contribution is 6.28. The van der Waals surface area contributed by atoms with Crippen LogP contribution in [0.1, 0.15) is 17.4 Å². The van der Waals surface area contributed by atoms with Crippen molar-refractivity contribution in [3.8, 4) is 0 Å². The SMILES string of the molecule is CN1c2ccccc2C(c2ccccc2)=NC1n1c2cccc3c4cccc5ccn(c6cccc1c6c32)c54. The molecule has 1 aliphatic heterocycles. The molecule has 8 aromatic rings. The van der Waals surface area contributed by atoms with Gasteiger partial charge in [-0.3, -0.25) is 0 Å². The summed E-state index contributed by atoms with van der Waals surface area (Å²) in [5.41, 5.74) is 9.39. The minimum Gasteiger partial charge on any atom is -0.335 e. The van der Waals surface area contributed by atoms with Crippen LogP contribution in [-0.2, 0) is 0 Å². The van der Waals surface area contributed by atoms with Crippen molar-refractivity contribution in [3.63, 3.8) is 0 Å². The largest absolute Gasteiger partial charge is 0.335 e. The number of anilines is 1. The highest BCUT2D eigenvalue weighted by Crippen LogP contribution is 2.44. The monoisotopic (exact) mass is 500 g/mol. The number of para-hydroxylation sites is 2. The van der Waals surface area contributed by atoms with E-state index in [0.29, 0.717) is 0 Å². The maximum Gasteiger partial charge on any atom is 0.203 e. The molecule has 0 N–H and O–H groups in total. The minimum absolute atomic E-state index is 0.236. The van der Waals surface area contributed by atoms with Crippen LogP contribution in [-0.4, -0.2) is 21.7 Å². The first-order valence-electron chi connectivity index (χ1n) is 13.4. The molecule has 39 heavy (non-hydrogen) atoms. The molecule has 0 fully saturated rings. The first kappa shape index (κ1) is 20.9. The highest BCUT2D eigenvalue weighted by atomic mass is 15.4. The summed E-state index contributed by atoms with van der Waals surface area (Å²) in [5.74, 6) is 0. The summed E-state index contributed by atoms with van der Waals surface area (Å²) >= 11 is 0. The van der Waals surface area contributed by atoms with Gasteiger partial charge in [-0.1, -0.05) is 84.9 Å². The van der Waals surface area contributed by atoms with Gasteiger partial charge in [0.15, 0.2) is 0 Å². The Kier molecular flexibility index (Phi) is 4.01. The second-order valence-corrected chi connectivity index (χ2v) is 10.5. The van der Waals surface area contributed by atoms with Crippen LogP contribution >= 0.6 is 0 Å². The first-order chi connectivity index (χ1) is 19.3. The van der Waals surface area contributed by atoms with Crippen molar-refractivity contribution >= 4 is 60.4 Å². The van der Waals surface area contributed by atoms with Gasteiger partial charge in [0.1, 0.15) is 0 Å². The first-order valence-corrected chi connectivity index (χ1v) is 13.4. The number of nitrogens with zero attached hydrogens (tertiary/aromatic N) is 4. The standard InChI is InChI=1S/C35H24N4/c1-37-27-16-6-5-13-26(27)33(22-10-3-2-4-11-22)36-35(37)39-29-18-8-14-24-25-15-7-12-23-20-21-38(34(23)25)28-17-9-19-30(39)32(28)31(24)29/h2-21,35H,1H3. The van der Waals surface area contributed by atoms with Crippen molar-refractivity contribution in [1.82, 2.24) is 8.97 Å². The van der Waals surface area contributed by atoms with Crippen molar-refractivity contribution < 1.29 is 0 Å². The molecule has 5 aromatic carbocycles. The zero-order valence-electron chi connectivity index (χ0n) is 21.4. The van der Waals surface area contributed by atoms with Crippen LogP contribution in [0.3, 0.4) is 0 Å². The fraction of sp³-hybridized carbons (Fsp3) is 0.0571. The van der Waals surface area contributed by atoms with Crippen LogP contribution in [0.2, 0.25) is 0 Å². The van der Waals surface area contributed by atoms with Crippen molar-refractivity contribution in [2.45, 2.75) is 6.29 Å². The Hall–Kier alpha value is -5.09. The van der Waals surface area contributed by atoms with Crippen LogP contribution in [0.5, 0.6) is 0 Å². The maximum absolute atomic E-state index is 5.49. The summed E-state index contributed by atoms with van der Waals surface area (Å²) < 4.78 is 4.81. The zero-order chi connectivity index (χ0) is 25.7. The molecular formula is C35H24N4. The Morgan fingerprint density at radius 1 is 0.615 bits per heavy atom. The van der Waals surface area contributed by atoms with Crippen LogP contribution < -0.4 is 4.90 Å². The molecule has 4 heterocycles. The molecule has 1 unspecified atom stereocenters. The normalized spacial score (nSPS) is 15.7. The summed E-state index contributed by atoms with van der Waals surface area (Å²) in [7, 11) is 2.16. The fourth-order valence-electron chi connectivity index (χ4n) is 6.84. The molecule has 4 nitrogen and oxygen atoms in total. The maximum atomic E-state index is 5.49. The molecule has 0 bridgehead atoms. The molecular weight excluding hydrogens is 476 g/mol. The van der Waals surface area contributed by atoms with Gasteiger partial charge in [0, 0.05) is 51.6 Å². The van der Waals surface area contributed by atoms with Gasteiger partial charge in [0.2, 0.25) is 6.29 Å². The lowest BCUT2D eigenvalue weighted by Gasteiger charge is -2.35. The van der Waals surface area contributed by atoms with E-state index in [9.17, 15) is 0 Å². The molecule has 0 radical (unpaired) electrons. The van der Waals surface area contributed by atoms with Gasteiger partial charge < -0.3 is 13.9 Å². The number of aromatic nitrogens is 2. The second kappa shape index (κ2) is 7.49. The number of fused-ring (bicyclic) bond motifs is 3. The number of aliphatic imine (C=N–C) groups is 1. The Morgan fingerprint density at radius 3 is 2.23 bits per heavy atom. The Labute approximate surface area is 225 Å². The van der Waals surface area contributed by atoms with Gasteiger partial charge in [-0.15, -0.1) is 0 Å². The van der Waals surface area contributed by atoms with Gasteiger partial charge >= 0.3 is 0 Å². The predicted molar refractivity (Wildman–Crippen MR) is 163 cm³/mol. The molecule has 184 valence electrons. The summed E-state index contributed by atoms with van der Waals surface area (Å²) in [6.07, 6.45) is 1.98. The van der Waals surface area contributed by atoms with E-state index in [4.69, 9.17) is 4.99 Å². The molecule has 1 atom stereocenters.